The van der Waals surface area contributed by atoms with Crippen LogP contribution in [0.3, 0.4) is 0 Å². The maximum Gasteiger partial charge on any atom is 0.143 e. The number of rotatable bonds is 7. The molecule has 12 aromatic rings. The lowest BCUT2D eigenvalue weighted by Crippen LogP contribution is -2.28. The molecule has 0 spiro atoms. The van der Waals surface area contributed by atoms with Gasteiger partial charge in [0, 0.05) is 33.1 Å². The quantitative estimate of drug-likeness (QED) is 0.159. The van der Waals surface area contributed by atoms with Gasteiger partial charge in [0.15, 0.2) is 0 Å². The van der Waals surface area contributed by atoms with E-state index in [9.17, 15) is 0 Å². The zero-order valence-electron chi connectivity index (χ0n) is 35.5. The Morgan fingerprint density at radius 3 is 1.74 bits per heavy atom. The number of hydrogen-bond donors (Lipinski definition) is 0. The average molecular weight is 828 g/mol. The average Bonchev–Trinajstić information content (AvgIpc) is 3.92. The lowest BCUT2D eigenvalue weighted by atomic mass is 9.67. The minimum atomic E-state index is -0.542. The fourth-order valence-electron chi connectivity index (χ4n) is 10.8. The maximum atomic E-state index is 6.75. The number of para-hydroxylation sites is 1. The van der Waals surface area contributed by atoms with E-state index in [-0.39, 0.29) is 0 Å². The Hall–Kier alpha value is -8.46. The smallest absolute Gasteiger partial charge is 0.143 e. The summed E-state index contributed by atoms with van der Waals surface area (Å²) >= 11 is 0. The van der Waals surface area contributed by atoms with Crippen LogP contribution in [0.15, 0.2) is 253 Å². The van der Waals surface area contributed by atoms with Gasteiger partial charge in [0.05, 0.1) is 11.1 Å². The minimum absolute atomic E-state index is 0.542. The molecule has 1 heterocycles. The highest BCUT2D eigenvalue weighted by Gasteiger charge is 2.46. The largest absolute Gasteiger partial charge is 0.455 e. The van der Waals surface area contributed by atoms with Crippen molar-refractivity contribution in [3.63, 3.8) is 0 Å². The zero-order chi connectivity index (χ0) is 42.9. The van der Waals surface area contributed by atoms with Crippen molar-refractivity contribution in [1.29, 1.82) is 0 Å². The Labute approximate surface area is 377 Å². The summed E-state index contributed by atoms with van der Waals surface area (Å²) in [5.41, 5.74) is 16.6. The van der Waals surface area contributed by atoms with E-state index < -0.39 is 5.41 Å². The van der Waals surface area contributed by atoms with Crippen molar-refractivity contribution in [2.24, 2.45) is 0 Å². The predicted molar refractivity (Wildman–Crippen MR) is 272 cm³/mol. The lowest BCUT2D eigenvalue weighted by molar-refractivity contribution is 0.673. The monoisotopic (exact) mass is 827 g/mol. The van der Waals surface area contributed by atoms with Crippen LogP contribution in [0.5, 0.6) is 0 Å². The number of nitrogens with zero attached hydrogens (tertiary/aromatic N) is 1. The topological polar surface area (TPSA) is 16.4 Å². The van der Waals surface area contributed by atoms with Crippen LogP contribution in [0.1, 0.15) is 22.3 Å². The molecule has 2 nitrogen and oxygen atoms in total. The molecule has 0 fully saturated rings. The molecule has 0 saturated heterocycles. The molecule has 2 heteroatoms. The fraction of sp³-hybridized carbons (Fsp3) is 0.0159. The lowest BCUT2D eigenvalue weighted by Gasteiger charge is -2.35. The van der Waals surface area contributed by atoms with Crippen molar-refractivity contribution in [3.05, 3.63) is 271 Å². The van der Waals surface area contributed by atoms with Crippen molar-refractivity contribution in [1.82, 2.24) is 0 Å². The van der Waals surface area contributed by atoms with Gasteiger partial charge in [-0.05, 0) is 115 Å². The first-order valence-electron chi connectivity index (χ1n) is 22.4. The maximum absolute atomic E-state index is 6.75. The highest BCUT2D eigenvalue weighted by Crippen LogP contribution is 2.57. The third-order valence-electron chi connectivity index (χ3n) is 13.7. The zero-order valence-corrected chi connectivity index (χ0v) is 35.5. The number of benzene rings is 11. The van der Waals surface area contributed by atoms with Gasteiger partial charge in [0.1, 0.15) is 11.2 Å². The number of furan rings is 1. The predicted octanol–water partition coefficient (Wildman–Crippen LogP) is 17.1. The van der Waals surface area contributed by atoms with Gasteiger partial charge < -0.3 is 9.32 Å². The summed E-state index contributed by atoms with van der Waals surface area (Å²) in [6.07, 6.45) is 0. The van der Waals surface area contributed by atoms with Gasteiger partial charge in [-0.1, -0.05) is 200 Å². The SMILES string of the molecule is c1ccc(C2(c3ccccc3)c3ccccc3-c3ccc(N(c4ccc(-c5ccc6ccccc6c5)cc4)c4ccccc4-c4cccc5oc6c7ccccc7ccc6c45)cc32)cc1. The highest BCUT2D eigenvalue weighted by molar-refractivity contribution is 6.19. The molecule has 11 aromatic carbocycles. The molecule has 0 atom stereocenters. The van der Waals surface area contributed by atoms with Gasteiger partial charge in [-0.2, -0.15) is 0 Å². The molecule has 13 rings (SSSR count). The molecule has 1 aliphatic rings. The van der Waals surface area contributed by atoms with Gasteiger partial charge in [-0.15, -0.1) is 0 Å². The van der Waals surface area contributed by atoms with Crippen molar-refractivity contribution >= 4 is 60.5 Å². The molecule has 1 aliphatic carbocycles. The van der Waals surface area contributed by atoms with Crippen LogP contribution in [-0.2, 0) is 5.41 Å². The molecule has 304 valence electrons. The first-order chi connectivity index (χ1) is 32.2. The second kappa shape index (κ2) is 14.8. The van der Waals surface area contributed by atoms with Crippen LogP contribution in [0, 0.1) is 0 Å². The molecule has 1 aromatic heterocycles. The van der Waals surface area contributed by atoms with E-state index in [0.717, 1.165) is 55.5 Å². The van der Waals surface area contributed by atoms with Crippen LogP contribution < -0.4 is 4.90 Å². The Morgan fingerprint density at radius 2 is 0.938 bits per heavy atom. The summed E-state index contributed by atoms with van der Waals surface area (Å²) in [6.45, 7) is 0. The highest BCUT2D eigenvalue weighted by atomic mass is 16.3. The van der Waals surface area contributed by atoms with E-state index in [1.54, 1.807) is 0 Å². The van der Waals surface area contributed by atoms with Gasteiger partial charge in [0.25, 0.3) is 0 Å². The first kappa shape index (κ1) is 37.1. The standard InChI is InChI=1S/C63H41NO/c1-3-19-47(20-4-1)63(48-21-5-2-6-22-48)57-27-13-11-24-52(57)53-39-37-50(41-58(53)63)64(49-35-32-43(33-36-49)46-31-30-42-16-7-8-18-45(42)40-46)59-28-14-12-25-54(59)55-26-15-29-60-61(55)56-38-34-44-17-9-10-23-51(44)62(56)65-60/h1-41H. The van der Waals surface area contributed by atoms with E-state index in [4.69, 9.17) is 4.42 Å². The summed E-state index contributed by atoms with van der Waals surface area (Å²) < 4.78 is 6.75. The molecular formula is C63H41NO. The Bertz CT molecular complexity index is 3730. The Morgan fingerprint density at radius 1 is 0.338 bits per heavy atom. The van der Waals surface area contributed by atoms with Crippen molar-refractivity contribution < 1.29 is 4.42 Å². The Kier molecular flexibility index (Phi) is 8.47. The van der Waals surface area contributed by atoms with Crippen molar-refractivity contribution in [2.75, 3.05) is 4.90 Å². The fourth-order valence-corrected chi connectivity index (χ4v) is 10.8. The second-order valence-corrected chi connectivity index (χ2v) is 17.2. The summed E-state index contributed by atoms with van der Waals surface area (Å²) in [5, 5.41) is 6.99. The molecule has 65 heavy (non-hydrogen) atoms. The summed E-state index contributed by atoms with van der Waals surface area (Å²) in [5.74, 6) is 0. The molecule has 0 N–H and O–H groups in total. The second-order valence-electron chi connectivity index (χ2n) is 17.2. The third-order valence-corrected chi connectivity index (χ3v) is 13.7. The van der Waals surface area contributed by atoms with E-state index in [1.807, 2.05) is 0 Å². The van der Waals surface area contributed by atoms with Gasteiger partial charge in [-0.25, -0.2) is 0 Å². The normalized spacial score (nSPS) is 12.7. The molecule has 0 amide bonds. The van der Waals surface area contributed by atoms with Crippen LogP contribution in [0.2, 0.25) is 0 Å². The van der Waals surface area contributed by atoms with Crippen molar-refractivity contribution in [2.45, 2.75) is 5.41 Å². The third kappa shape index (κ3) is 5.74. The van der Waals surface area contributed by atoms with Crippen LogP contribution in [0.25, 0.3) is 76.9 Å². The van der Waals surface area contributed by atoms with Gasteiger partial charge in [0.2, 0.25) is 0 Å². The van der Waals surface area contributed by atoms with Crippen LogP contribution >= 0.6 is 0 Å². The molecule has 0 aliphatic heterocycles. The van der Waals surface area contributed by atoms with E-state index in [1.165, 1.54) is 60.7 Å². The van der Waals surface area contributed by atoms with Gasteiger partial charge >= 0.3 is 0 Å². The number of fused-ring (bicyclic) bond motifs is 9. The Balaban J connectivity index is 1.06. The number of anilines is 3. The minimum Gasteiger partial charge on any atom is -0.455 e. The van der Waals surface area contributed by atoms with E-state index >= 15 is 0 Å². The molecule has 0 saturated carbocycles. The van der Waals surface area contributed by atoms with Crippen LogP contribution in [-0.4, -0.2) is 0 Å². The first-order valence-corrected chi connectivity index (χ1v) is 22.4. The summed E-state index contributed by atoms with van der Waals surface area (Å²) in [7, 11) is 0. The number of hydrogen-bond acceptors (Lipinski definition) is 2. The molecule has 0 bridgehead atoms. The van der Waals surface area contributed by atoms with Crippen LogP contribution in [0.4, 0.5) is 17.1 Å². The molecular weight excluding hydrogens is 787 g/mol. The van der Waals surface area contributed by atoms with E-state index in [0.29, 0.717) is 0 Å². The summed E-state index contributed by atoms with van der Waals surface area (Å²) in [4.78, 5) is 2.46. The van der Waals surface area contributed by atoms with Gasteiger partial charge in [-0.3, -0.25) is 0 Å². The molecule has 0 unspecified atom stereocenters. The van der Waals surface area contributed by atoms with Crippen molar-refractivity contribution in [3.8, 4) is 33.4 Å². The molecule has 0 radical (unpaired) electrons. The van der Waals surface area contributed by atoms with E-state index in [2.05, 4.69) is 254 Å². The summed E-state index contributed by atoms with van der Waals surface area (Å²) in [6, 6.07) is 90.9.